The minimum atomic E-state index is 0. The van der Waals surface area contributed by atoms with Crippen molar-refractivity contribution in [1.82, 2.24) is 0 Å². The van der Waals surface area contributed by atoms with Crippen LogP contribution in [-0.2, 0) is 20.4 Å². The molecular weight excluding hydrogens is 282 g/mol. The minimum absolute atomic E-state index is 0. The van der Waals surface area contributed by atoms with Crippen LogP contribution in [0.4, 0.5) is 0 Å². The molecule has 0 atom stereocenters. The molecule has 14 heavy (non-hydrogen) atoms. The third-order valence-electron chi connectivity index (χ3n) is 2.48. The van der Waals surface area contributed by atoms with Gasteiger partial charge >= 0.3 is 20.4 Å². The van der Waals surface area contributed by atoms with E-state index < -0.39 is 0 Å². The second kappa shape index (κ2) is 14.1. The number of hydrogen-bond acceptors (Lipinski definition) is 0. The molecule has 0 aromatic carbocycles. The van der Waals surface area contributed by atoms with Gasteiger partial charge in [0.1, 0.15) is 0 Å². The Morgan fingerprint density at radius 1 is 0.643 bits per heavy atom. The molecule has 0 aromatic heterocycles. The fourth-order valence-electron chi connectivity index (χ4n) is 1.48. The van der Waals surface area contributed by atoms with Gasteiger partial charge in [-0.1, -0.05) is 40.0 Å². The van der Waals surface area contributed by atoms with Gasteiger partial charge in [-0.15, -0.1) is 7.92 Å². The van der Waals surface area contributed by atoms with Crippen molar-refractivity contribution < 1.29 is 20.4 Å². The Hall–Kier alpha value is 1.09. The molecule has 0 spiro atoms. The summed E-state index contributed by atoms with van der Waals surface area (Å²) in [6, 6.07) is 0. The molecule has 0 nitrogen and oxygen atoms in total. The van der Waals surface area contributed by atoms with Crippen molar-refractivity contribution in [1.29, 1.82) is 0 Å². The Bertz CT molecular complexity index is 77.3. The van der Waals surface area contributed by atoms with Gasteiger partial charge in [-0.25, -0.2) is 0 Å². The molecule has 0 aliphatic rings. The molecule has 0 unspecified atom stereocenters. The molecule has 88 valence electrons. The third-order valence-corrected chi connectivity index (χ3v) is 5.33. The smallest absolute Gasteiger partial charge is 0.107 e. The van der Waals surface area contributed by atoms with E-state index in [0.717, 1.165) is 0 Å². The Balaban J connectivity index is 0. The van der Waals surface area contributed by atoms with E-state index in [9.17, 15) is 0 Å². The number of unbranched alkanes of at least 4 members (excludes halogenated alkanes) is 3. The maximum Gasteiger partial charge on any atom is 2.00 e. The van der Waals surface area contributed by atoms with Gasteiger partial charge in [0.05, 0.1) is 0 Å². The van der Waals surface area contributed by atoms with Gasteiger partial charge in [-0.3, -0.25) is 0 Å². The van der Waals surface area contributed by atoms with Gasteiger partial charge in [0.2, 0.25) is 0 Å². The fraction of sp³-hybridized carbons (Fsp3) is 1.00. The summed E-state index contributed by atoms with van der Waals surface area (Å²) in [4.78, 5) is 0. The molecule has 0 fully saturated rings. The first-order chi connectivity index (χ1) is 6.35. The van der Waals surface area contributed by atoms with E-state index in [1.165, 1.54) is 38.5 Å². The van der Waals surface area contributed by atoms with E-state index in [-0.39, 0.29) is 20.4 Å². The zero-order valence-electron chi connectivity index (χ0n) is 10.1. The third kappa shape index (κ3) is 11.2. The van der Waals surface area contributed by atoms with Gasteiger partial charge < -0.3 is 0 Å². The van der Waals surface area contributed by atoms with Crippen molar-refractivity contribution in [2.45, 2.75) is 59.3 Å². The van der Waals surface area contributed by atoms with Crippen molar-refractivity contribution in [2.75, 3.05) is 18.5 Å². The summed E-state index contributed by atoms with van der Waals surface area (Å²) in [7, 11) is 0.422. The zero-order valence-corrected chi connectivity index (χ0v) is 12.6. The quantitative estimate of drug-likeness (QED) is 0.421. The topological polar surface area (TPSA) is 0 Å². The van der Waals surface area contributed by atoms with Crippen LogP contribution in [0.15, 0.2) is 0 Å². The SMILES string of the molecule is CCCCP(CCCC)CCCC.[Pd+2]. The van der Waals surface area contributed by atoms with Crippen LogP contribution in [0.5, 0.6) is 0 Å². The van der Waals surface area contributed by atoms with Crippen LogP contribution >= 0.6 is 7.92 Å². The van der Waals surface area contributed by atoms with E-state index in [1.807, 2.05) is 0 Å². The van der Waals surface area contributed by atoms with Crippen LogP contribution < -0.4 is 0 Å². The molecule has 0 aliphatic carbocycles. The summed E-state index contributed by atoms with van der Waals surface area (Å²) in [5.74, 6) is 0. The van der Waals surface area contributed by atoms with E-state index >= 15 is 0 Å². The molecule has 0 bridgehead atoms. The van der Waals surface area contributed by atoms with E-state index in [0.29, 0.717) is 7.92 Å². The van der Waals surface area contributed by atoms with Gasteiger partial charge in [0, 0.05) is 0 Å². The zero-order chi connectivity index (χ0) is 9.94. The first kappa shape index (κ1) is 17.5. The van der Waals surface area contributed by atoms with E-state index in [2.05, 4.69) is 20.8 Å². The van der Waals surface area contributed by atoms with Crippen molar-refractivity contribution in [3.05, 3.63) is 0 Å². The first-order valence-electron chi connectivity index (χ1n) is 6.07. The van der Waals surface area contributed by atoms with Crippen LogP contribution in [0.3, 0.4) is 0 Å². The minimum Gasteiger partial charge on any atom is -0.107 e. The molecule has 0 amide bonds. The summed E-state index contributed by atoms with van der Waals surface area (Å²) < 4.78 is 0. The fourth-order valence-corrected chi connectivity index (χ4v) is 4.44. The van der Waals surface area contributed by atoms with E-state index in [4.69, 9.17) is 0 Å². The van der Waals surface area contributed by atoms with Crippen molar-refractivity contribution in [3.63, 3.8) is 0 Å². The Kier molecular flexibility index (Phi) is 17.6. The average Bonchev–Trinajstić information content (AvgIpc) is 2.17. The maximum absolute atomic E-state index is 2.31. The molecule has 0 aromatic rings. The summed E-state index contributed by atoms with van der Waals surface area (Å²) >= 11 is 0. The molecular formula is C12H27PPd+2. The first-order valence-corrected chi connectivity index (χ1v) is 7.97. The van der Waals surface area contributed by atoms with Crippen LogP contribution in [0.2, 0.25) is 0 Å². The van der Waals surface area contributed by atoms with Gasteiger partial charge in [0.25, 0.3) is 0 Å². The molecule has 0 saturated heterocycles. The molecule has 0 N–H and O–H groups in total. The summed E-state index contributed by atoms with van der Waals surface area (Å²) in [6.07, 6.45) is 13.2. The molecule has 0 heterocycles. The van der Waals surface area contributed by atoms with E-state index in [1.54, 1.807) is 18.5 Å². The van der Waals surface area contributed by atoms with Gasteiger partial charge in [-0.2, -0.15) is 0 Å². The van der Waals surface area contributed by atoms with Crippen LogP contribution in [0, 0.1) is 0 Å². The second-order valence-electron chi connectivity index (χ2n) is 3.90. The van der Waals surface area contributed by atoms with Gasteiger partial charge in [0.15, 0.2) is 0 Å². The molecule has 0 radical (unpaired) electrons. The van der Waals surface area contributed by atoms with Gasteiger partial charge in [-0.05, 0) is 37.7 Å². The summed E-state index contributed by atoms with van der Waals surface area (Å²) in [5.41, 5.74) is 0. The largest absolute Gasteiger partial charge is 2.00 e. The van der Waals surface area contributed by atoms with Crippen LogP contribution in [-0.4, -0.2) is 18.5 Å². The maximum atomic E-state index is 2.31. The second-order valence-corrected chi connectivity index (χ2v) is 6.59. The van der Waals surface area contributed by atoms with Crippen molar-refractivity contribution >= 4 is 7.92 Å². The summed E-state index contributed by atoms with van der Waals surface area (Å²) in [6.45, 7) is 6.94. The normalized spacial score (nSPS) is 10.3. The molecule has 0 aliphatic heterocycles. The Morgan fingerprint density at radius 3 is 1.14 bits per heavy atom. The number of hydrogen-bond donors (Lipinski definition) is 0. The predicted octanol–water partition coefficient (Wildman–Crippen LogP) is 4.87. The standard InChI is InChI=1S/C12H27P.Pd/c1-4-7-10-13(11-8-5-2)12-9-6-3;/h4-12H2,1-3H3;/q;+2. The summed E-state index contributed by atoms with van der Waals surface area (Å²) in [5, 5.41) is 0. The van der Waals surface area contributed by atoms with Crippen molar-refractivity contribution in [3.8, 4) is 0 Å². The van der Waals surface area contributed by atoms with Crippen LogP contribution in [0.25, 0.3) is 0 Å². The average molecular weight is 309 g/mol. The predicted molar refractivity (Wildman–Crippen MR) is 66.2 cm³/mol. The monoisotopic (exact) mass is 308 g/mol. The Labute approximate surface area is 106 Å². The van der Waals surface area contributed by atoms with Crippen LogP contribution in [0.1, 0.15) is 59.3 Å². The van der Waals surface area contributed by atoms with Crippen molar-refractivity contribution in [2.24, 2.45) is 0 Å². The molecule has 0 saturated carbocycles. The Morgan fingerprint density at radius 2 is 0.929 bits per heavy atom. The molecule has 0 rings (SSSR count). The number of rotatable bonds is 9. The molecule has 2 heteroatoms.